The van der Waals surface area contributed by atoms with Crippen LogP contribution in [0.15, 0.2) is 60.7 Å². The molecule has 0 saturated carbocycles. The van der Waals surface area contributed by atoms with Gasteiger partial charge in [-0.05, 0) is 35.9 Å². The summed E-state index contributed by atoms with van der Waals surface area (Å²) < 4.78 is 37.2. The maximum Gasteiger partial charge on any atom is 0.416 e. The van der Waals surface area contributed by atoms with Crippen LogP contribution in [0.4, 0.5) is 13.2 Å². The van der Waals surface area contributed by atoms with Crippen LogP contribution in [0.1, 0.15) is 16.7 Å². The molecule has 2 rings (SSSR count). The van der Waals surface area contributed by atoms with E-state index in [9.17, 15) is 18.0 Å². The van der Waals surface area contributed by atoms with Crippen molar-refractivity contribution in [2.45, 2.75) is 6.18 Å². The predicted octanol–water partition coefficient (Wildman–Crippen LogP) is 4.31. The molecule has 4 heteroatoms. The maximum absolute atomic E-state index is 12.4. The van der Waals surface area contributed by atoms with Gasteiger partial charge in [-0.2, -0.15) is 13.2 Å². The van der Waals surface area contributed by atoms with Crippen LogP contribution < -0.4 is 0 Å². The molecule has 2 aromatic rings. The number of hydrogen-bond acceptors (Lipinski definition) is 0. The highest BCUT2D eigenvalue weighted by Gasteiger charge is 2.30. The molecular weight excluding hydrogens is 265 g/mol. The Bertz CT molecular complexity index is 610. The first-order chi connectivity index (χ1) is 9.47. The number of halogens is 3. The fourth-order valence-corrected chi connectivity index (χ4v) is 1.67. The summed E-state index contributed by atoms with van der Waals surface area (Å²) in [5, 5.41) is 0. The quantitative estimate of drug-likeness (QED) is 0.453. The number of ketones is 1. The molecule has 0 unspecified atom stereocenters. The van der Waals surface area contributed by atoms with Gasteiger partial charge in [0.1, 0.15) is 0 Å². The van der Waals surface area contributed by atoms with E-state index in [-0.39, 0.29) is 5.78 Å². The van der Waals surface area contributed by atoms with Crippen molar-refractivity contribution in [1.29, 1.82) is 0 Å². The van der Waals surface area contributed by atoms with Crippen molar-refractivity contribution in [3.8, 4) is 0 Å². The Labute approximate surface area is 114 Å². The summed E-state index contributed by atoms with van der Waals surface area (Å²) in [6.45, 7) is 0. The molecule has 0 amide bonds. The first-order valence-corrected chi connectivity index (χ1v) is 5.93. The standard InChI is InChI=1S/C16H11F3O/c17-16(18,19)14-9-7-13(8-10-14)15(20)11-6-12-4-2-1-3-5-12/h1-11H/p+1/b11-6+. The van der Waals surface area contributed by atoms with Crippen LogP contribution in [0.25, 0.3) is 6.08 Å². The van der Waals surface area contributed by atoms with Crippen molar-refractivity contribution in [2.24, 2.45) is 0 Å². The van der Waals surface area contributed by atoms with Gasteiger partial charge in [0.2, 0.25) is 0 Å². The lowest BCUT2D eigenvalue weighted by Gasteiger charge is -2.05. The van der Waals surface area contributed by atoms with E-state index < -0.39 is 11.7 Å². The van der Waals surface area contributed by atoms with E-state index in [1.807, 2.05) is 30.3 Å². The van der Waals surface area contributed by atoms with E-state index in [0.717, 1.165) is 17.7 Å². The molecule has 0 radical (unpaired) electrons. The highest BCUT2D eigenvalue weighted by atomic mass is 19.4. The van der Waals surface area contributed by atoms with Crippen LogP contribution in [0.2, 0.25) is 0 Å². The molecule has 0 aliphatic carbocycles. The first-order valence-electron chi connectivity index (χ1n) is 5.93. The molecule has 2 aromatic carbocycles. The number of hydrogen-bond donors (Lipinski definition) is 0. The summed E-state index contributed by atoms with van der Waals surface area (Å²) in [5.41, 5.74) is 0.497. The second kappa shape index (κ2) is 5.74. The summed E-state index contributed by atoms with van der Waals surface area (Å²) >= 11 is 0. The molecule has 0 aliphatic rings. The summed E-state index contributed by atoms with van der Waals surface area (Å²) in [6, 6.07) is 13.7. The molecule has 0 aromatic heterocycles. The molecule has 0 aliphatic heterocycles. The van der Waals surface area contributed by atoms with Crippen LogP contribution >= 0.6 is 0 Å². The number of carbonyl (C=O) groups excluding carboxylic acids is 1. The van der Waals surface area contributed by atoms with Crippen LogP contribution in [0.5, 0.6) is 0 Å². The fourth-order valence-electron chi connectivity index (χ4n) is 1.67. The highest BCUT2D eigenvalue weighted by molar-refractivity contribution is 6.07. The summed E-state index contributed by atoms with van der Waals surface area (Å²) in [4.78, 5) is 9.82. The third-order valence-corrected chi connectivity index (χ3v) is 2.74. The number of rotatable bonds is 3. The third kappa shape index (κ3) is 3.57. The summed E-state index contributed by atoms with van der Waals surface area (Å²) in [5.74, 6) is -0.0809. The smallest absolute Gasteiger partial charge is 0.273 e. The lowest BCUT2D eigenvalue weighted by molar-refractivity contribution is -0.137. The molecular formula is C16H12F3O+. The van der Waals surface area contributed by atoms with E-state index in [1.54, 1.807) is 6.08 Å². The van der Waals surface area contributed by atoms with Crippen molar-refractivity contribution in [1.82, 2.24) is 0 Å². The first kappa shape index (κ1) is 14.1. The van der Waals surface area contributed by atoms with Gasteiger partial charge in [-0.1, -0.05) is 30.3 Å². The Balaban J connectivity index is 2.12. The lowest BCUT2D eigenvalue weighted by atomic mass is 10.1. The molecule has 0 fully saturated rings. The SMILES string of the molecule is [OH+]=C(/C=C/c1ccccc1)c1ccc(C(F)(F)F)cc1. The molecule has 102 valence electrons. The zero-order valence-electron chi connectivity index (χ0n) is 10.4. The van der Waals surface area contributed by atoms with Gasteiger partial charge < -0.3 is 0 Å². The van der Waals surface area contributed by atoms with E-state index in [4.69, 9.17) is 0 Å². The van der Waals surface area contributed by atoms with Gasteiger partial charge in [0.05, 0.1) is 11.1 Å². The Morgan fingerprint density at radius 2 is 1.50 bits per heavy atom. The Kier molecular flexibility index (Phi) is 4.03. The highest BCUT2D eigenvalue weighted by Crippen LogP contribution is 2.29. The summed E-state index contributed by atoms with van der Waals surface area (Å²) in [7, 11) is 0. The minimum atomic E-state index is -4.37. The normalized spacial score (nSPS) is 11.8. The van der Waals surface area contributed by atoms with Crippen molar-refractivity contribution in [2.75, 3.05) is 0 Å². The van der Waals surface area contributed by atoms with Gasteiger partial charge in [-0.3, -0.25) is 4.79 Å². The van der Waals surface area contributed by atoms with Crippen molar-refractivity contribution in [3.63, 3.8) is 0 Å². The monoisotopic (exact) mass is 277 g/mol. The zero-order chi connectivity index (χ0) is 14.6. The third-order valence-electron chi connectivity index (χ3n) is 2.74. The summed E-state index contributed by atoms with van der Waals surface area (Å²) in [6.07, 6.45) is -1.22. The average Bonchev–Trinajstić information content (AvgIpc) is 2.45. The molecule has 0 saturated heterocycles. The molecule has 0 atom stereocenters. The van der Waals surface area contributed by atoms with Gasteiger partial charge in [-0.25, -0.2) is 0 Å². The van der Waals surface area contributed by atoms with Gasteiger partial charge in [0, 0.05) is 6.08 Å². The van der Waals surface area contributed by atoms with Crippen molar-refractivity contribution < 1.29 is 18.0 Å². The van der Waals surface area contributed by atoms with Gasteiger partial charge in [0.25, 0.3) is 0 Å². The van der Waals surface area contributed by atoms with E-state index >= 15 is 0 Å². The van der Waals surface area contributed by atoms with Crippen LogP contribution in [0.3, 0.4) is 0 Å². The second-order valence-electron chi connectivity index (χ2n) is 4.20. The molecule has 20 heavy (non-hydrogen) atoms. The molecule has 0 spiro atoms. The molecule has 0 bridgehead atoms. The lowest BCUT2D eigenvalue weighted by Crippen LogP contribution is -2.05. The zero-order valence-corrected chi connectivity index (χ0v) is 10.4. The second-order valence-corrected chi connectivity index (χ2v) is 4.20. The Hall–Kier alpha value is -2.36. The van der Waals surface area contributed by atoms with Gasteiger partial charge >= 0.3 is 12.0 Å². The average molecular weight is 277 g/mol. The van der Waals surface area contributed by atoms with Gasteiger partial charge in [-0.15, -0.1) is 0 Å². The molecule has 0 heterocycles. The van der Waals surface area contributed by atoms with Crippen molar-refractivity contribution >= 4 is 11.9 Å². The van der Waals surface area contributed by atoms with E-state index in [2.05, 4.69) is 0 Å². The number of alkyl halides is 3. The molecule has 1 N–H and O–H groups in total. The number of allylic oxidation sites excluding steroid dienone is 1. The Morgan fingerprint density at radius 1 is 0.900 bits per heavy atom. The van der Waals surface area contributed by atoms with Crippen LogP contribution in [-0.4, -0.2) is 10.6 Å². The van der Waals surface area contributed by atoms with E-state index in [0.29, 0.717) is 5.56 Å². The van der Waals surface area contributed by atoms with Crippen molar-refractivity contribution in [3.05, 3.63) is 77.4 Å². The van der Waals surface area contributed by atoms with Crippen LogP contribution in [-0.2, 0) is 6.18 Å². The van der Waals surface area contributed by atoms with Crippen LogP contribution in [0, 0.1) is 0 Å². The Morgan fingerprint density at radius 3 is 2.05 bits per heavy atom. The minimum Gasteiger partial charge on any atom is -0.273 e. The van der Waals surface area contributed by atoms with Gasteiger partial charge in [0.15, 0.2) is 0 Å². The minimum absolute atomic E-state index is 0.0809. The molecule has 1 nitrogen and oxygen atoms in total. The fraction of sp³-hybridized carbons (Fsp3) is 0.0625. The topological polar surface area (TPSA) is 21.4 Å². The largest absolute Gasteiger partial charge is 0.416 e. The number of benzene rings is 2. The predicted molar refractivity (Wildman–Crippen MR) is 73.0 cm³/mol. The maximum atomic E-state index is 12.4. The van der Waals surface area contributed by atoms with E-state index in [1.165, 1.54) is 18.2 Å².